The Morgan fingerprint density at radius 3 is 2.64 bits per heavy atom. The van der Waals surface area contributed by atoms with Gasteiger partial charge in [-0.2, -0.15) is 5.26 Å². The maximum absolute atomic E-state index is 8.35. The molecule has 0 aliphatic rings. The summed E-state index contributed by atoms with van der Waals surface area (Å²) < 4.78 is 0. The molecule has 0 aliphatic carbocycles. The molecule has 0 atom stereocenters. The van der Waals surface area contributed by atoms with Crippen LogP contribution in [0.3, 0.4) is 0 Å². The van der Waals surface area contributed by atoms with E-state index in [0.29, 0.717) is 13.0 Å². The van der Waals surface area contributed by atoms with Crippen LogP contribution in [-0.2, 0) is 13.1 Å². The fraction of sp³-hybridized carbons (Fsp3) is 0.364. The number of nitrogens with zero attached hydrogens (tertiary/aromatic N) is 1. The highest BCUT2D eigenvalue weighted by molar-refractivity contribution is 5.26. The Hall–Kier alpha value is -1.37. The van der Waals surface area contributed by atoms with Crippen molar-refractivity contribution in [3.05, 3.63) is 35.4 Å². The van der Waals surface area contributed by atoms with E-state index in [0.717, 1.165) is 18.7 Å². The third-order valence-electron chi connectivity index (χ3n) is 2.07. The summed E-state index contributed by atoms with van der Waals surface area (Å²) in [7, 11) is 0. The topological polar surface area (TPSA) is 61.8 Å². The fourth-order valence-corrected chi connectivity index (χ4v) is 1.30. The summed E-state index contributed by atoms with van der Waals surface area (Å²) in [6.45, 7) is 2.08. The van der Waals surface area contributed by atoms with Crippen molar-refractivity contribution in [2.75, 3.05) is 6.54 Å². The predicted octanol–water partition coefficient (Wildman–Crippen LogP) is 1.15. The molecule has 3 N–H and O–H groups in total. The van der Waals surface area contributed by atoms with Gasteiger partial charge in [0.1, 0.15) is 0 Å². The van der Waals surface area contributed by atoms with Gasteiger partial charge in [0.25, 0.3) is 0 Å². The molecule has 1 rings (SSSR count). The minimum Gasteiger partial charge on any atom is -0.326 e. The Labute approximate surface area is 84.5 Å². The molecule has 0 heterocycles. The van der Waals surface area contributed by atoms with Crippen LogP contribution < -0.4 is 11.1 Å². The predicted molar refractivity (Wildman–Crippen MR) is 56.3 cm³/mol. The maximum Gasteiger partial charge on any atom is 0.0635 e. The van der Waals surface area contributed by atoms with E-state index in [9.17, 15) is 0 Å². The molecular formula is C11H15N3. The molecule has 0 bridgehead atoms. The van der Waals surface area contributed by atoms with Crippen LogP contribution >= 0.6 is 0 Å². The van der Waals surface area contributed by atoms with Crippen LogP contribution in [0.25, 0.3) is 0 Å². The molecule has 14 heavy (non-hydrogen) atoms. The van der Waals surface area contributed by atoms with Crippen molar-refractivity contribution in [2.45, 2.75) is 19.5 Å². The van der Waals surface area contributed by atoms with Gasteiger partial charge in [-0.3, -0.25) is 0 Å². The number of nitriles is 1. The molecule has 0 amide bonds. The standard InChI is InChI=1S/C11H15N3/c12-6-3-7-14-9-11-5-2-1-4-10(11)8-13/h1-2,4-5,14H,3,7-9,13H2. The van der Waals surface area contributed by atoms with Crippen LogP contribution in [0.15, 0.2) is 24.3 Å². The molecule has 1 aromatic carbocycles. The first kappa shape index (κ1) is 10.7. The smallest absolute Gasteiger partial charge is 0.0635 e. The van der Waals surface area contributed by atoms with Gasteiger partial charge in [0, 0.05) is 26.1 Å². The van der Waals surface area contributed by atoms with Crippen molar-refractivity contribution in [2.24, 2.45) is 5.73 Å². The Morgan fingerprint density at radius 2 is 2.00 bits per heavy atom. The lowest BCUT2D eigenvalue weighted by Gasteiger charge is -2.07. The molecule has 0 aliphatic heterocycles. The maximum atomic E-state index is 8.35. The average molecular weight is 189 g/mol. The number of rotatable bonds is 5. The van der Waals surface area contributed by atoms with Gasteiger partial charge in [-0.1, -0.05) is 24.3 Å². The van der Waals surface area contributed by atoms with Crippen molar-refractivity contribution >= 4 is 0 Å². The summed E-state index contributed by atoms with van der Waals surface area (Å²) in [5.41, 5.74) is 7.98. The average Bonchev–Trinajstić information content (AvgIpc) is 2.25. The number of hydrogen-bond donors (Lipinski definition) is 2. The quantitative estimate of drug-likeness (QED) is 0.683. The van der Waals surface area contributed by atoms with E-state index in [-0.39, 0.29) is 0 Å². The van der Waals surface area contributed by atoms with Gasteiger partial charge < -0.3 is 11.1 Å². The van der Waals surface area contributed by atoms with Crippen molar-refractivity contribution in [3.8, 4) is 6.07 Å². The van der Waals surface area contributed by atoms with Gasteiger partial charge in [0.2, 0.25) is 0 Å². The Morgan fingerprint density at radius 1 is 1.29 bits per heavy atom. The first-order chi connectivity index (χ1) is 6.88. The summed E-state index contributed by atoms with van der Waals surface area (Å²) >= 11 is 0. The van der Waals surface area contributed by atoms with Crippen LogP contribution in [0.2, 0.25) is 0 Å². The zero-order valence-corrected chi connectivity index (χ0v) is 8.16. The van der Waals surface area contributed by atoms with E-state index in [1.54, 1.807) is 0 Å². The third-order valence-corrected chi connectivity index (χ3v) is 2.07. The summed E-state index contributed by atoms with van der Waals surface area (Å²) in [6, 6.07) is 10.2. The first-order valence-corrected chi connectivity index (χ1v) is 4.73. The van der Waals surface area contributed by atoms with Crippen LogP contribution in [-0.4, -0.2) is 6.54 Å². The Balaban J connectivity index is 2.46. The van der Waals surface area contributed by atoms with Gasteiger partial charge in [-0.05, 0) is 11.1 Å². The molecule has 0 spiro atoms. The van der Waals surface area contributed by atoms with Crippen molar-refractivity contribution in [3.63, 3.8) is 0 Å². The molecule has 0 fully saturated rings. The zero-order chi connectivity index (χ0) is 10.2. The lowest BCUT2D eigenvalue weighted by atomic mass is 10.1. The normalized spacial score (nSPS) is 9.71. The van der Waals surface area contributed by atoms with E-state index in [2.05, 4.69) is 17.5 Å². The lowest BCUT2D eigenvalue weighted by molar-refractivity contribution is 0.693. The van der Waals surface area contributed by atoms with Gasteiger partial charge in [0.15, 0.2) is 0 Å². The zero-order valence-electron chi connectivity index (χ0n) is 8.16. The molecule has 74 valence electrons. The minimum atomic E-state index is 0.546. The highest BCUT2D eigenvalue weighted by atomic mass is 14.8. The van der Waals surface area contributed by atoms with Crippen LogP contribution in [0.5, 0.6) is 0 Å². The molecule has 3 nitrogen and oxygen atoms in total. The highest BCUT2D eigenvalue weighted by Gasteiger charge is 1.98. The summed E-state index contributed by atoms with van der Waals surface area (Å²) in [5, 5.41) is 11.6. The lowest BCUT2D eigenvalue weighted by Crippen LogP contribution is -2.16. The molecular weight excluding hydrogens is 174 g/mol. The highest BCUT2D eigenvalue weighted by Crippen LogP contribution is 2.06. The first-order valence-electron chi connectivity index (χ1n) is 4.73. The largest absolute Gasteiger partial charge is 0.326 e. The van der Waals surface area contributed by atoms with E-state index in [1.165, 1.54) is 5.56 Å². The molecule has 1 aromatic rings. The Kier molecular flexibility index (Phi) is 4.70. The summed E-state index contributed by atoms with van der Waals surface area (Å²) in [6.07, 6.45) is 0.546. The van der Waals surface area contributed by atoms with Gasteiger partial charge in [0.05, 0.1) is 6.07 Å². The van der Waals surface area contributed by atoms with Crippen LogP contribution in [0, 0.1) is 11.3 Å². The number of benzene rings is 1. The number of hydrogen-bond acceptors (Lipinski definition) is 3. The van der Waals surface area contributed by atoms with Crippen LogP contribution in [0.1, 0.15) is 17.5 Å². The van der Waals surface area contributed by atoms with Gasteiger partial charge >= 0.3 is 0 Å². The molecule has 0 saturated heterocycles. The van der Waals surface area contributed by atoms with E-state index in [1.807, 2.05) is 18.2 Å². The number of nitrogens with two attached hydrogens (primary N) is 1. The van der Waals surface area contributed by atoms with Crippen molar-refractivity contribution in [1.29, 1.82) is 5.26 Å². The van der Waals surface area contributed by atoms with Crippen LogP contribution in [0.4, 0.5) is 0 Å². The summed E-state index contributed by atoms with van der Waals surface area (Å²) in [4.78, 5) is 0. The molecule has 0 saturated carbocycles. The second-order valence-electron chi connectivity index (χ2n) is 3.06. The van der Waals surface area contributed by atoms with E-state index in [4.69, 9.17) is 11.0 Å². The molecule has 0 radical (unpaired) electrons. The van der Waals surface area contributed by atoms with Crippen molar-refractivity contribution in [1.82, 2.24) is 5.32 Å². The second-order valence-corrected chi connectivity index (χ2v) is 3.06. The van der Waals surface area contributed by atoms with Crippen molar-refractivity contribution < 1.29 is 0 Å². The fourth-order valence-electron chi connectivity index (χ4n) is 1.30. The van der Waals surface area contributed by atoms with Gasteiger partial charge in [-0.25, -0.2) is 0 Å². The minimum absolute atomic E-state index is 0.546. The van der Waals surface area contributed by atoms with E-state index >= 15 is 0 Å². The molecule has 3 heteroatoms. The van der Waals surface area contributed by atoms with E-state index < -0.39 is 0 Å². The number of nitrogens with one attached hydrogen (secondary N) is 1. The molecule has 0 unspecified atom stereocenters. The van der Waals surface area contributed by atoms with Gasteiger partial charge in [-0.15, -0.1) is 0 Å². The second kappa shape index (κ2) is 6.14. The Bertz CT molecular complexity index is 315. The summed E-state index contributed by atoms with van der Waals surface area (Å²) in [5.74, 6) is 0. The SMILES string of the molecule is N#CCCNCc1ccccc1CN. The third kappa shape index (κ3) is 3.17. The monoisotopic (exact) mass is 189 g/mol. The molecule has 0 aromatic heterocycles.